The van der Waals surface area contributed by atoms with Gasteiger partial charge in [-0.25, -0.2) is 0 Å². The predicted octanol–water partition coefficient (Wildman–Crippen LogP) is 3.24. The number of benzene rings is 1. The maximum Gasteiger partial charge on any atom is 0.231 e. The minimum atomic E-state index is -0.0632. The first-order valence-electron chi connectivity index (χ1n) is 6.30. The van der Waals surface area contributed by atoms with Gasteiger partial charge in [0.05, 0.1) is 5.88 Å². The number of carbonyl (C=O) groups excluding carboxylic acids is 1. The fraction of sp³-hybridized carbons (Fsp3) is 0.267. The van der Waals surface area contributed by atoms with E-state index in [-0.39, 0.29) is 18.5 Å². The highest BCUT2D eigenvalue weighted by Crippen LogP contribution is 2.34. The van der Waals surface area contributed by atoms with E-state index >= 15 is 0 Å². The molecule has 0 aliphatic carbocycles. The van der Waals surface area contributed by atoms with Crippen LogP contribution in [-0.4, -0.2) is 23.0 Å². The molecular weight excluding hydrogens is 278 g/mol. The molecule has 2 aromatic rings. The third-order valence-corrected chi connectivity index (χ3v) is 3.71. The number of carbonyl (C=O) groups is 1. The zero-order chi connectivity index (χ0) is 14.3. The summed E-state index contributed by atoms with van der Waals surface area (Å²) in [5.41, 5.74) is 3.47. The smallest absolute Gasteiger partial charge is 0.231 e. The van der Waals surface area contributed by atoms with Gasteiger partial charge < -0.3 is 14.0 Å². The lowest BCUT2D eigenvalue weighted by Gasteiger charge is -2.10. The Morgan fingerprint density at radius 2 is 2.00 bits per heavy atom. The molecule has 1 aromatic carbocycles. The third-order valence-electron chi connectivity index (χ3n) is 3.47. The number of Topliss-reactive ketones (excluding diaryl/α,β-unsaturated/α-hetero) is 1. The number of nitrogens with zero attached hydrogens (tertiary/aromatic N) is 1. The van der Waals surface area contributed by atoms with Crippen LogP contribution in [-0.2, 0) is 0 Å². The van der Waals surface area contributed by atoms with Gasteiger partial charge >= 0.3 is 0 Å². The zero-order valence-electron chi connectivity index (χ0n) is 11.3. The first kappa shape index (κ1) is 13.1. The van der Waals surface area contributed by atoms with Crippen LogP contribution in [0.3, 0.4) is 0 Å². The summed E-state index contributed by atoms with van der Waals surface area (Å²) in [4.78, 5) is 11.8. The summed E-state index contributed by atoms with van der Waals surface area (Å²) in [7, 11) is 0. The number of halogens is 1. The van der Waals surface area contributed by atoms with E-state index < -0.39 is 0 Å². The summed E-state index contributed by atoms with van der Waals surface area (Å²) >= 11 is 5.65. The predicted molar refractivity (Wildman–Crippen MR) is 76.4 cm³/mol. The average molecular weight is 292 g/mol. The van der Waals surface area contributed by atoms with Crippen LogP contribution in [0, 0.1) is 13.8 Å². The Morgan fingerprint density at radius 1 is 1.25 bits per heavy atom. The van der Waals surface area contributed by atoms with Crippen LogP contribution < -0.4 is 9.47 Å². The van der Waals surface area contributed by atoms with E-state index in [0.717, 1.165) is 28.6 Å². The van der Waals surface area contributed by atoms with Gasteiger partial charge in [0.25, 0.3) is 0 Å². The number of hydrogen-bond donors (Lipinski definition) is 0. The normalized spacial score (nSPS) is 12.8. The maximum absolute atomic E-state index is 11.8. The topological polar surface area (TPSA) is 40.5 Å². The quantitative estimate of drug-likeness (QED) is 0.644. The van der Waals surface area contributed by atoms with Crippen LogP contribution in [0.2, 0.25) is 0 Å². The molecule has 0 spiro atoms. The molecule has 0 fully saturated rings. The van der Waals surface area contributed by atoms with E-state index in [2.05, 4.69) is 0 Å². The van der Waals surface area contributed by atoms with Crippen LogP contribution in [0.1, 0.15) is 21.7 Å². The van der Waals surface area contributed by atoms with Gasteiger partial charge in [-0.2, -0.15) is 0 Å². The highest BCUT2D eigenvalue weighted by atomic mass is 35.5. The largest absolute Gasteiger partial charge is 0.454 e. The first-order valence-corrected chi connectivity index (χ1v) is 6.83. The summed E-state index contributed by atoms with van der Waals surface area (Å²) in [5, 5.41) is 0. The third kappa shape index (κ3) is 1.96. The lowest BCUT2D eigenvalue weighted by molar-refractivity contribution is 0.102. The maximum atomic E-state index is 11.8. The number of alkyl halides is 1. The number of ketones is 1. The molecule has 20 heavy (non-hydrogen) atoms. The van der Waals surface area contributed by atoms with Gasteiger partial charge in [0, 0.05) is 28.7 Å². The molecule has 0 N–H and O–H groups in total. The SMILES string of the molecule is Cc1cc(C(=O)CCl)c(C)n1-c1ccc2c(c1)OCO2. The van der Waals surface area contributed by atoms with Crippen molar-refractivity contribution in [3.8, 4) is 17.2 Å². The molecule has 1 aliphatic heterocycles. The Kier molecular flexibility index (Phi) is 3.18. The van der Waals surface area contributed by atoms with Crippen LogP contribution in [0.15, 0.2) is 24.3 Å². The minimum Gasteiger partial charge on any atom is -0.454 e. The highest BCUT2D eigenvalue weighted by Gasteiger charge is 2.18. The lowest BCUT2D eigenvalue weighted by atomic mass is 10.2. The van der Waals surface area contributed by atoms with Crippen molar-refractivity contribution < 1.29 is 14.3 Å². The number of aromatic nitrogens is 1. The number of fused-ring (bicyclic) bond motifs is 1. The van der Waals surface area contributed by atoms with Crippen molar-refractivity contribution in [2.24, 2.45) is 0 Å². The second-order valence-electron chi connectivity index (χ2n) is 4.71. The van der Waals surface area contributed by atoms with Gasteiger partial charge in [-0.15, -0.1) is 11.6 Å². The Bertz CT molecular complexity index is 691. The molecule has 104 valence electrons. The Labute approximate surface area is 121 Å². The first-order chi connectivity index (χ1) is 9.61. The van der Waals surface area contributed by atoms with Gasteiger partial charge in [-0.1, -0.05) is 0 Å². The fourth-order valence-electron chi connectivity index (χ4n) is 2.54. The zero-order valence-corrected chi connectivity index (χ0v) is 12.0. The van der Waals surface area contributed by atoms with Crippen molar-refractivity contribution in [2.45, 2.75) is 13.8 Å². The number of rotatable bonds is 3. The lowest BCUT2D eigenvalue weighted by Crippen LogP contribution is -2.04. The van der Waals surface area contributed by atoms with Gasteiger partial charge in [-0.05, 0) is 32.0 Å². The molecule has 0 bridgehead atoms. The fourth-order valence-corrected chi connectivity index (χ4v) is 2.68. The molecule has 0 atom stereocenters. The number of aryl methyl sites for hydroxylation is 1. The molecule has 2 heterocycles. The van der Waals surface area contributed by atoms with Gasteiger partial charge in [0.1, 0.15) is 0 Å². The van der Waals surface area contributed by atoms with Gasteiger partial charge in [-0.3, -0.25) is 4.79 Å². The molecule has 0 amide bonds. The molecular formula is C15H14ClNO3. The van der Waals surface area contributed by atoms with Crippen molar-refractivity contribution in [3.63, 3.8) is 0 Å². The van der Waals surface area contributed by atoms with Crippen molar-refractivity contribution >= 4 is 17.4 Å². The Morgan fingerprint density at radius 3 is 2.75 bits per heavy atom. The number of ether oxygens (including phenoxy) is 2. The molecule has 5 heteroatoms. The minimum absolute atomic E-state index is 0.00850. The van der Waals surface area contributed by atoms with Crippen LogP contribution in [0.4, 0.5) is 0 Å². The molecule has 0 unspecified atom stereocenters. The van der Waals surface area contributed by atoms with Crippen molar-refractivity contribution in [1.82, 2.24) is 4.57 Å². The van der Waals surface area contributed by atoms with Gasteiger partial charge in [0.15, 0.2) is 17.3 Å². The van der Waals surface area contributed by atoms with E-state index in [1.807, 2.05) is 42.7 Å². The van der Waals surface area contributed by atoms with E-state index in [0.29, 0.717) is 5.56 Å². The van der Waals surface area contributed by atoms with Crippen LogP contribution >= 0.6 is 11.6 Å². The van der Waals surface area contributed by atoms with Crippen molar-refractivity contribution in [2.75, 3.05) is 12.7 Å². The van der Waals surface area contributed by atoms with E-state index in [1.54, 1.807) is 0 Å². The van der Waals surface area contributed by atoms with E-state index in [1.165, 1.54) is 0 Å². The molecule has 1 aromatic heterocycles. The van der Waals surface area contributed by atoms with Crippen molar-refractivity contribution in [1.29, 1.82) is 0 Å². The summed E-state index contributed by atoms with van der Waals surface area (Å²) < 4.78 is 12.7. The molecule has 1 aliphatic rings. The van der Waals surface area contributed by atoms with E-state index in [4.69, 9.17) is 21.1 Å². The standard InChI is InChI=1S/C15H14ClNO3/c1-9-5-12(13(18)7-16)10(2)17(9)11-3-4-14-15(6-11)20-8-19-14/h3-6H,7-8H2,1-2H3. The summed E-state index contributed by atoms with van der Waals surface area (Å²) in [6, 6.07) is 7.60. The second-order valence-corrected chi connectivity index (χ2v) is 4.98. The van der Waals surface area contributed by atoms with Gasteiger partial charge in [0.2, 0.25) is 6.79 Å². The molecule has 4 nitrogen and oxygen atoms in total. The molecule has 3 rings (SSSR count). The Balaban J connectivity index is 2.10. The van der Waals surface area contributed by atoms with Crippen LogP contribution in [0.5, 0.6) is 11.5 Å². The van der Waals surface area contributed by atoms with Crippen molar-refractivity contribution in [3.05, 3.63) is 41.2 Å². The molecule has 0 radical (unpaired) electrons. The van der Waals surface area contributed by atoms with E-state index in [9.17, 15) is 4.79 Å². The Hall–Kier alpha value is -1.94. The number of hydrogen-bond acceptors (Lipinski definition) is 3. The molecule has 0 saturated carbocycles. The second kappa shape index (κ2) is 4.87. The summed E-state index contributed by atoms with van der Waals surface area (Å²) in [5.74, 6) is 1.39. The summed E-state index contributed by atoms with van der Waals surface area (Å²) in [6.07, 6.45) is 0. The molecule has 0 saturated heterocycles. The average Bonchev–Trinajstić information content (AvgIpc) is 3.01. The van der Waals surface area contributed by atoms with Crippen LogP contribution in [0.25, 0.3) is 5.69 Å². The monoisotopic (exact) mass is 291 g/mol. The summed E-state index contributed by atoms with van der Waals surface area (Å²) in [6.45, 7) is 4.12. The highest BCUT2D eigenvalue weighted by molar-refractivity contribution is 6.30.